The number of carbonyl (C=O) groups excluding carboxylic acids is 1. The third-order valence-corrected chi connectivity index (χ3v) is 7.73. The number of rotatable bonds is 14. The van der Waals surface area contributed by atoms with E-state index in [1.807, 2.05) is 17.0 Å². The van der Waals surface area contributed by atoms with E-state index in [9.17, 15) is 27.8 Å². The number of piperidine rings is 1. The van der Waals surface area contributed by atoms with Crippen molar-refractivity contribution >= 4 is 27.4 Å². The van der Waals surface area contributed by atoms with Crippen molar-refractivity contribution in [2.75, 3.05) is 49.1 Å². The molecule has 44 heavy (non-hydrogen) atoms. The highest BCUT2D eigenvalue weighted by Gasteiger charge is 2.22. The Morgan fingerprint density at radius 2 is 1.73 bits per heavy atom. The molecule has 1 fully saturated rings. The molecule has 13 heteroatoms. The minimum atomic E-state index is -3.56. The Bertz CT molecular complexity index is 1470. The van der Waals surface area contributed by atoms with Crippen molar-refractivity contribution in [3.05, 3.63) is 83.7 Å². The van der Waals surface area contributed by atoms with E-state index in [4.69, 9.17) is 4.74 Å². The predicted octanol–water partition coefficient (Wildman–Crippen LogP) is 3.26. The number of carbonyl (C=O) groups is 1. The Morgan fingerprint density at radius 3 is 2.41 bits per heavy atom. The Balaban J connectivity index is 1.09. The highest BCUT2D eigenvalue weighted by Crippen LogP contribution is 2.28. The molecule has 0 aromatic heterocycles. The summed E-state index contributed by atoms with van der Waals surface area (Å²) >= 11 is 0. The quantitative estimate of drug-likeness (QED) is 0.117. The van der Waals surface area contributed by atoms with Gasteiger partial charge in [0.15, 0.2) is 0 Å². The fourth-order valence-electron chi connectivity index (χ4n) is 4.76. The van der Waals surface area contributed by atoms with Gasteiger partial charge in [0, 0.05) is 44.0 Å². The summed E-state index contributed by atoms with van der Waals surface area (Å²) in [6.07, 6.45) is 2.66. The van der Waals surface area contributed by atoms with E-state index in [0.717, 1.165) is 42.3 Å². The molecule has 6 N–H and O–H groups in total. The van der Waals surface area contributed by atoms with Crippen molar-refractivity contribution in [1.82, 2.24) is 15.5 Å². The molecule has 3 aromatic rings. The number of ether oxygens (including phenoxy) is 1. The third-order valence-electron chi connectivity index (χ3n) is 7.14. The second-order valence-electron chi connectivity index (χ2n) is 10.9. The SMILES string of the molecule is CS(=O)(=O)Nc1cc(OC[C@@H](O)CNCCc2ccc(NC3CCN(C(=O)NCc4ccc(F)cc4)CC3)cc2)ccc1O. The van der Waals surface area contributed by atoms with Crippen molar-refractivity contribution in [2.45, 2.75) is 38.0 Å². The van der Waals surface area contributed by atoms with Crippen LogP contribution in [0.5, 0.6) is 11.5 Å². The van der Waals surface area contributed by atoms with E-state index in [0.29, 0.717) is 38.5 Å². The van der Waals surface area contributed by atoms with Gasteiger partial charge in [-0.3, -0.25) is 4.72 Å². The number of phenols is 1. The minimum Gasteiger partial charge on any atom is -0.506 e. The molecule has 4 rings (SSSR count). The van der Waals surface area contributed by atoms with Crippen LogP contribution < -0.4 is 25.4 Å². The van der Waals surface area contributed by atoms with Crippen molar-refractivity contribution in [3.63, 3.8) is 0 Å². The first-order valence-electron chi connectivity index (χ1n) is 14.5. The van der Waals surface area contributed by atoms with Gasteiger partial charge in [0.05, 0.1) is 11.9 Å². The van der Waals surface area contributed by atoms with Gasteiger partial charge in [0.1, 0.15) is 30.0 Å². The van der Waals surface area contributed by atoms with Gasteiger partial charge in [-0.2, -0.15) is 0 Å². The lowest BCUT2D eigenvalue weighted by Gasteiger charge is -2.33. The van der Waals surface area contributed by atoms with E-state index in [2.05, 4.69) is 32.8 Å². The Kier molecular flexibility index (Phi) is 11.6. The van der Waals surface area contributed by atoms with Crippen LogP contribution in [0.2, 0.25) is 0 Å². The van der Waals surface area contributed by atoms with Crippen molar-refractivity contribution in [2.24, 2.45) is 0 Å². The zero-order valence-electron chi connectivity index (χ0n) is 24.6. The summed E-state index contributed by atoms with van der Waals surface area (Å²) in [5.74, 6) is -0.206. The molecule has 0 unspecified atom stereocenters. The standard InChI is InChI=1S/C31H40FN5O6S/c1-44(41,42)36-29-18-28(10-11-30(29)39)43-21-27(38)20-33-15-12-22-4-8-25(9-5-22)35-26-13-16-37(17-14-26)31(40)34-19-23-2-6-24(32)7-3-23/h2-11,18,26-27,33,35-36,38-39H,12-17,19-21H2,1H3,(H,34,40)/t27-/m0/s1. The summed E-state index contributed by atoms with van der Waals surface area (Å²) in [5, 5.41) is 29.7. The number of sulfonamides is 1. The van der Waals surface area contributed by atoms with Gasteiger partial charge in [-0.1, -0.05) is 24.3 Å². The molecule has 0 aliphatic carbocycles. The van der Waals surface area contributed by atoms with Crippen LogP contribution in [0.1, 0.15) is 24.0 Å². The van der Waals surface area contributed by atoms with Gasteiger partial charge in [0.2, 0.25) is 10.0 Å². The second-order valence-corrected chi connectivity index (χ2v) is 12.6. The maximum absolute atomic E-state index is 13.1. The topological polar surface area (TPSA) is 152 Å². The number of urea groups is 1. The molecule has 1 aliphatic rings. The first-order valence-corrected chi connectivity index (χ1v) is 16.4. The summed E-state index contributed by atoms with van der Waals surface area (Å²) in [6.45, 7) is 2.65. The molecular formula is C31H40FN5O6S. The lowest BCUT2D eigenvalue weighted by molar-refractivity contribution is 0.106. The van der Waals surface area contributed by atoms with Gasteiger partial charge < -0.3 is 35.8 Å². The molecule has 0 radical (unpaired) electrons. The fourth-order valence-corrected chi connectivity index (χ4v) is 5.32. The van der Waals surface area contributed by atoms with E-state index in [1.54, 1.807) is 12.1 Å². The number of amides is 2. The summed E-state index contributed by atoms with van der Waals surface area (Å²) < 4.78 is 43.7. The molecule has 0 bridgehead atoms. The number of likely N-dealkylation sites (tertiary alicyclic amines) is 1. The number of halogens is 1. The highest BCUT2D eigenvalue weighted by molar-refractivity contribution is 7.92. The molecule has 1 heterocycles. The van der Waals surface area contributed by atoms with Crippen LogP contribution in [-0.4, -0.2) is 80.7 Å². The average molecular weight is 630 g/mol. The minimum absolute atomic E-state index is 0.00392. The van der Waals surface area contributed by atoms with Gasteiger partial charge in [-0.25, -0.2) is 17.6 Å². The second kappa shape index (κ2) is 15.6. The number of aliphatic hydroxyl groups excluding tert-OH is 1. The molecule has 238 valence electrons. The smallest absolute Gasteiger partial charge is 0.317 e. The first-order chi connectivity index (χ1) is 21.0. The number of hydrogen-bond acceptors (Lipinski definition) is 8. The van der Waals surface area contributed by atoms with Crippen LogP contribution in [0.15, 0.2) is 66.7 Å². The average Bonchev–Trinajstić information content (AvgIpc) is 3.00. The van der Waals surface area contributed by atoms with Crippen LogP contribution in [0.25, 0.3) is 0 Å². The first kappa shape index (κ1) is 32.8. The number of nitrogens with zero attached hydrogens (tertiary/aromatic N) is 1. The maximum Gasteiger partial charge on any atom is 0.317 e. The third kappa shape index (κ3) is 10.9. The van der Waals surface area contributed by atoms with Gasteiger partial charge in [0.25, 0.3) is 0 Å². The monoisotopic (exact) mass is 629 g/mol. The number of nitrogens with one attached hydrogen (secondary N) is 4. The summed E-state index contributed by atoms with van der Waals surface area (Å²) in [4.78, 5) is 14.3. The Hall–Kier alpha value is -4.07. The molecule has 1 saturated heterocycles. The molecule has 11 nitrogen and oxygen atoms in total. The molecule has 1 aliphatic heterocycles. The van der Waals surface area contributed by atoms with Crippen molar-refractivity contribution < 1.29 is 32.6 Å². The van der Waals surface area contributed by atoms with Gasteiger partial charge in [-0.05, 0) is 73.3 Å². The molecular weight excluding hydrogens is 589 g/mol. The van der Waals surface area contributed by atoms with Crippen LogP contribution in [0.4, 0.5) is 20.6 Å². The Labute approximate surface area is 257 Å². The number of benzene rings is 3. The number of aromatic hydroxyl groups is 1. The van der Waals surface area contributed by atoms with Crippen LogP contribution in [0, 0.1) is 5.82 Å². The van der Waals surface area contributed by atoms with Crippen LogP contribution in [-0.2, 0) is 23.0 Å². The van der Waals surface area contributed by atoms with E-state index >= 15 is 0 Å². The zero-order chi connectivity index (χ0) is 31.5. The number of hydrogen-bond donors (Lipinski definition) is 6. The van der Waals surface area contributed by atoms with E-state index in [1.165, 1.54) is 30.3 Å². The number of phenolic OH excluding ortho intramolecular Hbond substituents is 1. The van der Waals surface area contributed by atoms with Crippen molar-refractivity contribution in [3.8, 4) is 11.5 Å². The molecule has 2 amide bonds. The van der Waals surface area contributed by atoms with Gasteiger partial charge >= 0.3 is 6.03 Å². The predicted molar refractivity (Wildman–Crippen MR) is 168 cm³/mol. The number of aliphatic hydroxyl groups is 1. The molecule has 1 atom stereocenters. The molecule has 0 spiro atoms. The van der Waals surface area contributed by atoms with Gasteiger partial charge in [-0.15, -0.1) is 0 Å². The van der Waals surface area contributed by atoms with Crippen LogP contribution in [0.3, 0.4) is 0 Å². The highest BCUT2D eigenvalue weighted by atomic mass is 32.2. The number of anilines is 2. The molecule has 3 aromatic carbocycles. The lowest BCUT2D eigenvalue weighted by atomic mass is 10.0. The summed E-state index contributed by atoms with van der Waals surface area (Å²) in [7, 11) is -3.56. The Morgan fingerprint density at radius 1 is 1.05 bits per heavy atom. The largest absolute Gasteiger partial charge is 0.506 e. The lowest BCUT2D eigenvalue weighted by Crippen LogP contribution is -2.46. The fraction of sp³-hybridized carbons (Fsp3) is 0.387. The van der Waals surface area contributed by atoms with Crippen molar-refractivity contribution in [1.29, 1.82) is 0 Å². The van der Waals surface area contributed by atoms with E-state index in [-0.39, 0.29) is 35.9 Å². The maximum atomic E-state index is 13.1. The zero-order valence-corrected chi connectivity index (χ0v) is 25.4. The summed E-state index contributed by atoms with van der Waals surface area (Å²) in [6, 6.07) is 18.6. The van der Waals surface area contributed by atoms with E-state index < -0.39 is 16.1 Å². The molecule has 0 saturated carbocycles. The summed E-state index contributed by atoms with van der Waals surface area (Å²) in [5.41, 5.74) is 3.03. The van der Waals surface area contributed by atoms with Crippen LogP contribution >= 0.6 is 0 Å². The normalized spacial score (nSPS) is 14.6.